The maximum atomic E-state index is 5.95. The molecule has 0 fully saturated rings. The standard InChI is InChI=1S/C23H22N4O2S/c1-15-8-10-20(16(2)12-15)29-14-22-25-26-23(30)27(22)24-13-19-18-7-5-4-6-17(18)9-11-21(19)28-3/h4-13H,14H2,1-3H3,(H,26,30)/b24-13-. The summed E-state index contributed by atoms with van der Waals surface area (Å²) < 4.78 is 13.5. The molecule has 0 amide bonds. The van der Waals surface area contributed by atoms with E-state index in [1.165, 1.54) is 5.56 Å². The maximum absolute atomic E-state index is 5.95. The molecule has 0 saturated heterocycles. The van der Waals surface area contributed by atoms with Crippen LogP contribution in [0.4, 0.5) is 0 Å². The number of H-pyrrole nitrogens is 1. The molecule has 4 rings (SSSR count). The van der Waals surface area contributed by atoms with Crippen molar-refractivity contribution in [1.29, 1.82) is 0 Å². The Bertz CT molecular complexity index is 1290. The van der Waals surface area contributed by atoms with E-state index in [2.05, 4.69) is 34.4 Å². The Morgan fingerprint density at radius 1 is 1.10 bits per heavy atom. The van der Waals surface area contributed by atoms with Crippen molar-refractivity contribution in [2.45, 2.75) is 20.5 Å². The van der Waals surface area contributed by atoms with Crippen LogP contribution in [0.3, 0.4) is 0 Å². The van der Waals surface area contributed by atoms with Gasteiger partial charge in [-0.05, 0) is 54.5 Å². The average Bonchev–Trinajstić information content (AvgIpc) is 3.10. The van der Waals surface area contributed by atoms with E-state index in [1.807, 2.05) is 49.4 Å². The van der Waals surface area contributed by atoms with E-state index in [0.29, 0.717) is 10.6 Å². The second-order valence-corrected chi connectivity index (χ2v) is 7.35. The van der Waals surface area contributed by atoms with E-state index in [0.717, 1.165) is 33.4 Å². The van der Waals surface area contributed by atoms with E-state index >= 15 is 0 Å². The third kappa shape index (κ3) is 3.97. The van der Waals surface area contributed by atoms with Gasteiger partial charge in [-0.15, -0.1) is 0 Å². The fraction of sp³-hybridized carbons (Fsp3) is 0.174. The Morgan fingerprint density at radius 3 is 2.70 bits per heavy atom. The van der Waals surface area contributed by atoms with Crippen molar-refractivity contribution in [3.63, 3.8) is 0 Å². The van der Waals surface area contributed by atoms with Crippen LogP contribution in [-0.2, 0) is 6.61 Å². The Balaban J connectivity index is 1.65. The molecule has 0 unspecified atom stereocenters. The fourth-order valence-corrected chi connectivity index (χ4v) is 3.54. The summed E-state index contributed by atoms with van der Waals surface area (Å²) >= 11 is 5.36. The molecule has 30 heavy (non-hydrogen) atoms. The quantitative estimate of drug-likeness (QED) is 0.346. The van der Waals surface area contributed by atoms with Gasteiger partial charge in [-0.25, -0.2) is 5.10 Å². The van der Waals surface area contributed by atoms with Gasteiger partial charge in [0.2, 0.25) is 4.77 Å². The van der Waals surface area contributed by atoms with Crippen molar-refractivity contribution in [2.75, 3.05) is 7.11 Å². The van der Waals surface area contributed by atoms with Crippen LogP contribution in [0.25, 0.3) is 10.8 Å². The predicted molar refractivity (Wildman–Crippen MR) is 121 cm³/mol. The van der Waals surface area contributed by atoms with Crippen LogP contribution in [-0.4, -0.2) is 28.2 Å². The summed E-state index contributed by atoms with van der Waals surface area (Å²) in [6.07, 6.45) is 1.74. The summed E-state index contributed by atoms with van der Waals surface area (Å²) in [5, 5.41) is 13.8. The molecule has 0 aliphatic carbocycles. The zero-order chi connectivity index (χ0) is 21.1. The molecule has 0 aliphatic heterocycles. The minimum absolute atomic E-state index is 0.237. The minimum Gasteiger partial charge on any atom is -0.496 e. The molecule has 4 aromatic rings. The van der Waals surface area contributed by atoms with Crippen LogP contribution < -0.4 is 9.47 Å². The number of aryl methyl sites for hydroxylation is 2. The lowest BCUT2D eigenvalue weighted by Gasteiger charge is -2.10. The molecule has 0 bridgehead atoms. The number of nitrogens with zero attached hydrogens (tertiary/aromatic N) is 3. The van der Waals surface area contributed by atoms with Gasteiger partial charge in [0.1, 0.15) is 18.1 Å². The van der Waals surface area contributed by atoms with Gasteiger partial charge in [0, 0.05) is 5.56 Å². The van der Waals surface area contributed by atoms with Gasteiger partial charge in [0.25, 0.3) is 0 Å². The van der Waals surface area contributed by atoms with E-state index in [9.17, 15) is 0 Å². The van der Waals surface area contributed by atoms with Gasteiger partial charge in [-0.3, -0.25) is 0 Å². The van der Waals surface area contributed by atoms with Gasteiger partial charge in [-0.1, -0.05) is 48.0 Å². The molecule has 0 spiro atoms. The first kappa shape index (κ1) is 19.8. The van der Waals surface area contributed by atoms with Crippen molar-refractivity contribution >= 4 is 29.2 Å². The van der Waals surface area contributed by atoms with Crippen molar-refractivity contribution < 1.29 is 9.47 Å². The second-order valence-electron chi connectivity index (χ2n) is 6.96. The first-order valence-electron chi connectivity index (χ1n) is 9.53. The fourth-order valence-electron chi connectivity index (χ4n) is 3.34. The van der Waals surface area contributed by atoms with Crippen LogP contribution in [0.1, 0.15) is 22.5 Å². The van der Waals surface area contributed by atoms with Gasteiger partial charge in [0.05, 0.1) is 13.3 Å². The first-order valence-corrected chi connectivity index (χ1v) is 9.94. The molecule has 6 nitrogen and oxygen atoms in total. The van der Waals surface area contributed by atoms with Crippen LogP contribution in [0.2, 0.25) is 0 Å². The topological polar surface area (TPSA) is 64.4 Å². The molecule has 1 heterocycles. The molecule has 1 aromatic heterocycles. The monoisotopic (exact) mass is 418 g/mol. The van der Waals surface area contributed by atoms with Crippen molar-refractivity contribution in [3.05, 3.63) is 81.9 Å². The Morgan fingerprint density at radius 2 is 1.90 bits per heavy atom. The summed E-state index contributed by atoms with van der Waals surface area (Å²) in [6, 6.07) is 18.1. The van der Waals surface area contributed by atoms with E-state index in [4.69, 9.17) is 21.7 Å². The molecule has 0 radical (unpaired) electrons. The van der Waals surface area contributed by atoms with Crippen LogP contribution >= 0.6 is 12.2 Å². The number of hydrogen-bond donors (Lipinski definition) is 1. The van der Waals surface area contributed by atoms with E-state index in [1.54, 1.807) is 18.0 Å². The predicted octanol–water partition coefficient (Wildman–Crippen LogP) is 5.18. The van der Waals surface area contributed by atoms with Gasteiger partial charge < -0.3 is 9.47 Å². The van der Waals surface area contributed by atoms with Crippen LogP contribution in [0, 0.1) is 18.6 Å². The SMILES string of the molecule is COc1ccc2ccccc2c1/C=N\n1c(COc2ccc(C)cc2C)n[nH]c1=S. The summed E-state index contributed by atoms with van der Waals surface area (Å²) in [5.74, 6) is 2.12. The molecule has 0 saturated carbocycles. The number of hydrogen-bond acceptors (Lipinski definition) is 5. The third-order valence-corrected chi connectivity index (χ3v) is 5.12. The number of benzene rings is 3. The summed E-state index contributed by atoms with van der Waals surface area (Å²) in [7, 11) is 1.65. The van der Waals surface area contributed by atoms with Gasteiger partial charge in [-0.2, -0.15) is 14.9 Å². The molecule has 3 aromatic carbocycles. The number of aromatic amines is 1. The highest BCUT2D eigenvalue weighted by Crippen LogP contribution is 2.26. The lowest BCUT2D eigenvalue weighted by atomic mass is 10.0. The number of aromatic nitrogens is 3. The molecule has 152 valence electrons. The second kappa shape index (κ2) is 8.51. The zero-order valence-corrected chi connectivity index (χ0v) is 17.9. The van der Waals surface area contributed by atoms with Crippen molar-refractivity contribution in [1.82, 2.24) is 14.9 Å². The molecule has 7 heteroatoms. The molecule has 1 N–H and O–H groups in total. The first-order chi connectivity index (χ1) is 14.6. The van der Waals surface area contributed by atoms with Crippen LogP contribution in [0.15, 0.2) is 59.7 Å². The van der Waals surface area contributed by atoms with Gasteiger partial charge in [0.15, 0.2) is 5.82 Å². The Labute approximate surface area is 179 Å². The smallest absolute Gasteiger partial charge is 0.216 e. The summed E-state index contributed by atoms with van der Waals surface area (Å²) in [6.45, 7) is 4.31. The van der Waals surface area contributed by atoms with Crippen molar-refractivity contribution in [2.24, 2.45) is 5.10 Å². The maximum Gasteiger partial charge on any atom is 0.216 e. The Kier molecular flexibility index (Phi) is 5.63. The largest absolute Gasteiger partial charge is 0.496 e. The summed E-state index contributed by atoms with van der Waals surface area (Å²) in [4.78, 5) is 0. The lowest BCUT2D eigenvalue weighted by Crippen LogP contribution is -2.05. The highest BCUT2D eigenvalue weighted by molar-refractivity contribution is 7.71. The number of ether oxygens (including phenoxy) is 2. The van der Waals surface area contributed by atoms with E-state index in [-0.39, 0.29) is 6.61 Å². The molecule has 0 atom stereocenters. The number of methoxy groups -OCH3 is 1. The summed E-state index contributed by atoms with van der Waals surface area (Å²) in [5.41, 5.74) is 3.13. The third-order valence-electron chi connectivity index (χ3n) is 4.86. The zero-order valence-electron chi connectivity index (χ0n) is 17.0. The number of rotatable bonds is 6. The number of nitrogens with one attached hydrogen (secondary N) is 1. The highest BCUT2D eigenvalue weighted by Gasteiger charge is 2.10. The lowest BCUT2D eigenvalue weighted by molar-refractivity contribution is 0.288. The minimum atomic E-state index is 0.237. The molecular weight excluding hydrogens is 396 g/mol. The van der Waals surface area contributed by atoms with Crippen molar-refractivity contribution in [3.8, 4) is 11.5 Å². The normalized spacial score (nSPS) is 11.3. The molecular formula is C23H22N4O2S. The highest BCUT2D eigenvalue weighted by atomic mass is 32.1. The van der Waals surface area contributed by atoms with E-state index < -0.39 is 0 Å². The Hall–Kier alpha value is -3.45. The average molecular weight is 419 g/mol. The van der Waals surface area contributed by atoms with Gasteiger partial charge >= 0.3 is 0 Å². The number of fused-ring (bicyclic) bond motifs is 1. The van der Waals surface area contributed by atoms with Crippen LogP contribution in [0.5, 0.6) is 11.5 Å². The molecule has 0 aliphatic rings.